The maximum Gasteiger partial charge on any atom is 0.238 e. The molecule has 5 aromatic rings. The van der Waals surface area contributed by atoms with Crippen molar-refractivity contribution < 1.29 is 48.0 Å². The fourth-order valence-corrected chi connectivity index (χ4v) is 10.2. The normalized spacial score (nSPS) is 22.3. The lowest BCUT2D eigenvalue weighted by Crippen LogP contribution is -2.43. The minimum absolute atomic E-state index is 0.0506. The van der Waals surface area contributed by atoms with Gasteiger partial charge in [0, 0.05) is 17.0 Å². The Morgan fingerprint density at radius 3 is 1.61 bits per heavy atom. The van der Waals surface area contributed by atoms with Gasteiger partial charge in [0.15, 0.2) is 11.5 Å². The molecule has 12 heteroatoms. The maximum atomic E-state index is 14.8. The molecule has 2 aliphatic heterocycles. The van der Waals surface area contributed by atoms with Crippen molar-refractivity contribution in [2.45, 2.75) is 25.7 Å². The fraction of sp³-hybridized carbons (Fsp3) is 0.259. The number of carbonyl (C=O) groups is 4. The molecule has 0 radical (unpaired) electrons. The van der Waals surface area contributed by atoms with E-state index < -0.39 is 35.5 Å². The van der Waals surface area contributed by atoms with E-state index in [9.17, 15) is 24.3 Å². The summed E-state index contributed by atoms with van der Waals surface area (Å²) in [6, 6.07) is 30.5. The Morgan fingerprint density at radius 2 is 1.09 bits per heavy atom. The van der Waals surface area contributed by atoms with E-state index in [0.29, 0.717) is 53.0 Å². The number of imide groups is 2. The van der Waals surface area contributed by atoms with Gasteiger partial charge in [0.05, 0.1) is 70.1 Å². The second-order valence-electron chi connectivity index (χ2n) is 16.8. The average Bonchev–Trinajstić information content (AvgIpc) is 3.75. The van der Waals surface area contributed by atoms with Gasteiger partial charge in [-0.3, -0.25) is 29.0 Å². The summed E-state index contributed by atoms with van der Waals surface area (Å²) in [6.45, 7) is 2.11. The van der Waals surface area contributed by atoms with Gasteiger partial charge in [-0.1, -0.05) is 66.3 Å². The van der Waals surface area contributed by atoms with Crippen molar-refractivity contribution in [2.24, 2.45) is 29.6 Å². The van der Waals surface area contributed by atoms with Gasteiger partial charge >= 0.3 is 0 Å². The van der Waals surface area contributed by atoms with E-state index in [1.165, 1.54) is 15.9 Å². The Balaban J connectivity index is 1.01. The first kappa shape index (κ1) is 43.6. The molecular weight excluding hydrogens is 837 g/mol. The van der Waals surface area contributed by atoms with E-state index >= 15 is 0 Å². The third-order valence-electron chi connectivity index (χ3n) is 13.4. The van der Waals surface area contributed by atoms with Crippen molar-refractivity contribution in [3.63, 3.8) is 0 Å². The highest BCUT2D eigenvalue weighted by atomic mass is 16.5. The third-order valence-corrected chi connectivity index (χ3v) is 13.4. The second-order valence-corrected chi connectivity index (χ2v) is 16.8. The molecule has 4 amide bonds. The number of benzene rings is 5. The lowest BCUT2D eigenvalue weighted by atomic mass is 9.57. The number of phenols is 1. The summed E-state index contributed by atoms with van der Waals surface area (Å²) in [5.74, 6) is -2.44. The van der Waals surface area contributed by atoms with Crippen molar-refractivity contribution in [3.05, 3.63) is 143 Å². The van der Waals surface area contributed by atoms with Crippen molar-refractivity contribution >= 4 is 59.3 Å². The molecule has 2 aliphatic carbocycles. The van der Waals surface area contributed by atoms with Crippen LogP contribution in [0.2, 0.25) is 0 Å². The monoisotopic (exact) mass is 886 g/mol. The highest BCUT2D eigenvalue weighted by Crippen LogP contribution is 2.59. The topological polar surface area (TPSA) is 141 Å². The van der Waals surface area contributed by atoms with Crippen LogP contribution in [0, 0.1) is 29.6 Å². The maximum absolute atomic E-state index is 14.8. The van der Waals surface area contributed by atoms with Gasteiger partial charge in [-0.05, 0) is 115 Å². The third kappa shape index (κ3) is 7.76. The number of hydrogen-bond donors (Lipinski definition) is 1. The molecule has 1 N–H and O–H groups in total. The number of methoxy groups -OCH3 is 4. The number of anilines is 2. The van der Waals surface area contributed by atoms with E-state index in [1.54, 1.807) is 64.8 Å². The van der Waals surface area contributed by atoms with Crippen LogP contribution in [-0.4, -0.2) is 63.8 Å². The van der Waals surface area contributed by atoms with Crippen LogP contribution in [0.4, 0.5) is 11.4 Å². The Bertz CT molecular complexity index is 2810. The van der Waals surface area contributed by atoms with E-state index in [1.807, 2.05) is 98.0 Å². The molecule has 5 aromatic carbocycles. The summed E-state index contributed by atoms with van der Waals surface area (Å²) in [5, 5.41) is 10.7. The van der Waals surface area contributed by atoms with Gasteiger partial charge in [-0.15, -0.1) is 0 Å². The summed E-state index contributed by atoms with van der Waals surface area (Å²) in [6.07, 6.45) is 10.2. The zero-order chi connectivity index (χ0) is 46.2. The first-order valence-electron chi connectivity index (χ1n) is 22.0. The first-order chi connectivity index (χ1) is 32.1. The molecule has 6 atom stereocenters. The van der Waals surface area contributed by atoms with Gasteiger partial charge in [-0.2, -0.15) is 0 Å². The molecule has 12 nitrogen and oxygen atoms in total. The van der Waals surface area contributed by atoms with Crippen molar-refractivity contribution in [1.29, 1.82) is 0 Å². The van der Waals surface area contributed by atoms with Gasteiger partial charge in [0.1, 0.15) is 23.0 Å². The van der Waals surface area contributed by atoms with Crippen LogP contribution < -0.4 is 33.5 Å². The molecule has 3 fully saturated rings. The van der Waals surface area contributed by atoms with Crippen LogP contribution >= 0.6 is 0 Å². The predicted octanol–water partition coefficient (Wildman–Crippen LogP) is 9.21. The summed E-state index contributed by atoms with van der Waals surface area (Å²) in [4.78, 5) is 61.1. The number of ether oxygens (including phenoxy) is 5. The first-order valence-corrected chi connectivity index (χ1v) is 22.0. The summed E-state index contributed by atoms with van der Waals surface area (Å²) >= 11 is 0. The van der Waals surface area contributed by atoms with Crippen LogP contribution in [0.25, 0.3) is 24.3 Å². The van der Waals surface area contributed by atoms with Crippen LogP contribution in [0.15, 0.2) is 115 Å². The number of aromatic hydroxyl groups is 1. The number of carbonyl (C=O) groups excluding carboxylic acids is 4. The molecule has 1 saturated carbocycles. The number of nitrogens with zero attached hydrogens (tertiary/aromatic N) is 2. The van der Waals surface area contributed by atoms with E-state index in [0.717, 1.165) is 27.8 Å². The number of fused-ring (bicyclic) bond motifs is 4. The molecule has 0 spiro atoms. The number of phenolic OH excluding ortho intramolecular Hbond substituents is 1. The molecule has 4 aliphatic rings. The zero-order valence-electron chi connectivity index (χ0n) is 37.3. The molecule has 0 aromatic heterocycles. The molecule has 66 heavy (non-hydrogen) atoms. The second kappa shape index (κ2) is 18.1. The number of rotatable bonds is 13. The molecule has 0 bridgehead atoms. The SMILES string of the molecule is CCOc1cc(C2C3=CCC4C(=O)N(c5ccc(C=Cc6cc(OC)ccc6OC)cc5)C(=O)C4C3CC3C(=O)N(c4ccc(C=Cc5cc(OC)ccc5OC)cc4)C(=O)C32)ccc1O. The van der Waals surface area contributed by atoms with Crippen LogP contribution in [0.3, 0.4) is 0 Å². The molecule has 336 valence electrons. The Morgan fingerprint density at radius 1 is 0.561 bits per heavy atom. The lowest BCUT2D eigenvalue weighted by molar-refractivity contribution is -0.126. The molecular formula is C54H50N2O10. The van der Waals surface area contributed by atoms with E-state index in [-0.39, 0.29) is 41.5 Å². The predicted molar refractivity (Wildman–Crippen MR) is 252 cm³/mol. The standard InChI is InChI=1S/C54H50N2O10/c1-6-66-47-29-35(15-24-44(47)57)48-40-22-23-41-49(53(60)55(51(41)58)36-16-9-31(10-17-36)7-13-33-27-38(62-2)20-25-45(33)64-4)42(40)30-43-50(48)54(61)56(52(43)59)37-18-11-32(12-19-37)8-14-34-28-39(63-3)21-26-46(34)65-5/h7-22,24-29,41-43,48-50,57H,6,23,30H2,1-5H3. The number of hydrogen-bond acceptors (Lipinski definition) is 10. The minimum atomic E-state index is -0.795. The van der Waals surface area contributed by atoms with Gasteiger partial charge in [-0.25, -0.2) is 0 Å². The summed E-state index contributed by atoms with van der Waals surface area (Å²) < 4.78 is 27.6. The van der Waals surface area contributed by atoms with E-state index in [4.69, 9.17) is 23.7 Å². The Hall–Kier alpha value is -7.60. The van der Waals surface area contributed by atoms with E-state index in [2.05, 4.69) is 0 Å². The zero-order valence-corrected chi connectivity index (χ0v) is 37.3. The quantitative estimate of drug-likeness (QED) is 0.0691. The minimum Gasteiger partial charge on any atom is -0.504 e. The number of allylic oxidation sites excluding steroid dienone is 2. The highest BCUT2D eigenvalue weighted by molar-refractivity contribution is 6.24. The van der Waals surface area contributed by atoms with Crippen molar-refractivity contribution in [3.8, 4) is 34.5 Å². The summed E-state index contributed by atoms with van der Waals surface area (Å²) in [5.41, 5.74) is 5.75. The molecule has 6 unspecified atom stereocenters. The molecule has 2 heterocycles. The smallest absolute Gasteiger partial charge is 0.238 e. The Labute approximate surface area is 383 Å². The van der Waals surface area contributed by atoms with Gasteiger partial charge in [0.2, 0.25) is 23.6 Å². The largest absolute Gasteiger partial charge is 0.504 e. The molecule has 9 rings (SSSR count). The van der Waals surface area contributed by atoms with Crippen molar-refractivity contribution in [1.82, 2.24) is 0 Å². The van der Waals surface area contributed by atoms with Crippen LogP contribution in [0.5, 0.6) is 34.5 Å². The van der Waals surface area contributed by atoms with Crippen LogP contribution in [0.1, 0.15) is 53.5 Å². The van der Waals surface area contributed by atoms with Crippen LogP contribution in [-0.2, 0) is 19.2 Å². The van der Waals surface area contributed by atoms with Gasteiger partial charge in [0.25, 0.3) is 0 Å². The van der Waals surface area contributed by atoms with Crippen molar-refractivity contribution in [2.75, 3.05) is 44.8 Å². The lowest BCUT2D eigenvalue weighted by Gasteiger charge is -2.44. The molecule has 2 saturated heterocycles. The summed E-state index contributed by atoms with van der Waals surface area (Å²) in [7, 11) is 6.41. The fourth-order valence-electron chi connectivity index (χ4n) is 10.2. The number of amides is 4. The highest BCUT2D eigenvalue weighted by Gasteiger charge is 2.62. The average molecular weight is 887 g/mol. The Kier molecular flexibility index (Phi) is 12.0. The van der Waals surface area contributed by atoms with Gasteiger partial charge < -0.3 is 28.8 Å².